The number of nitrogens with zero attached hydrogens (tertiary/aromatic N) is 1. The zero-order valence-electron chi connectivity index (χ0n) is 13.0. The van der Waals surface area contributed by atoms with Gasteiger partial charge in [0.25, 0.3) is 0 Å². The maximum atomic E-state index is 12.4. The molecule has 0 bridgehead atoms. The van der Waals surface area contributed by atoms with Crippen LogP contribution in [-0.4, -0.2) is 28.9 Å². The van der Waals surface area contributed by atoms with Gasteiger partial charge in [-0.1, -0.05) is 32.0 Å². The first-order valence-electron chi connectivity index (χ1n) is 7.88. The van der Waals surface area contributed by atoms with Gasteiger partial charge in [-0.25, -0.2) is 0 Å². The third kappa shape index (κ3) is 3.12. The molecule has 1 aliphatic rings. The van der Waals surface area contributed by atoms with Crippen molar-refractivity contribution in [2.75, 3.05) is 13.1 Å². The van der Waals surface area contributed by atoms with Crippen LogP contribution in [0.5, 0.6) is 0 Å². The van der Waals surface area contributed by atoms with Crippen molar-refractivity contribution in [3.05, 3.63) is 36.0 Å². The number of fused-ring (bicyclic) bond motifs is 1. The van der Waals surface area contributed by atoms with Crippen LogP contribution in [0.1, 0.15) is 38.7 Å². The fourth-order valence-electron chi connectivity index (χ4n) is 3.10. The molecule has 1 saturated heterocycles. The van der Waals surface area contributed by atoms with E-state index in [-0.39, 0.29) is 0 Å². The van der Waals surface area contributed by atoms with E-state index < -0.39 is 0 Å². The normalized spacial score (nSPS) is 18.1. The number of nitrogens with one attached hydrogen (secondary N) is 1. The molecule has 1 aromatic heterocycles. The molecule has 1 fully saturated rings. The number of hydrogen-bond donors (Lipinski definition) is 1. The standard InChI is InChI=1S/C18H24N2O/c1-18(2)9-11-20(12-10-18)17(21)8-7-14-13-19-16-6-4-3-5-15(14)16/h3-6,13,19H,7-12H2,1-2H3. The first-order chi connectivity index (χ1) is 10.1. The number of aromatic nitrogens is 1. The second-order valence-corrected chi connectivity index (χ2v) is 6.90. The molecule has 0 radical (unpaired) electrons. The van der Waals surface area contributed by atoms with E-state index in [4.69, 9.17) is 0 Å². The predicted molar refractivity (Wildman–Crippen MR) is 86.2 cm³/mol. The quantitative estimate of drug-likeness (QED) is 0.915. The Balaban J connectivity index is 1.59. The first kappa shape index (κ1) is 14.2. The molecule has 0 atom stereocenters. The molecule has 2 aromatic rings. The number of aromatic amines is 1. The van der Waals surface area contributed by atoms with E-state index >= 15 is 0 Å². The highest BCUT2D eigenvalue weighted by molar-refractivity contribution is 5.84. The SMILES string of the molecule is CC1(C)CCN(C(=O)CCc2c[nH]c3ccccc23)CC1. The lowest BCUT2D eigenvalue weighted by Gasteiger charge is -2.37. The average molecular weight is 284 g/mol. The van der Waals surface area contributed by atoms with Crippen LogP contribution in [0.4, 0.5) is 0 Å². The third-order valence-corrected chi connectivity index (χ3v) is 4.75. The summed E-state index contributed by atoms with van der Waals surface area (Å²) in [4.78, 5) is 17.7. The van der Waals surface area contributed by atoms with E-state index in [0.717, 1.165) is 37.9 Å². The number of carbonyl (C=O) groups is 1. The number of benzene rings is 1. The Bertz CT molecular complexity index is 631. The Morgan fingerprint density at radius 2 is 1.95 bits per heavy atom. The van der Waals surface area contributed by atoms with Crippen LogP contribution >= 0.6 is 0 Å². The number of carbonyl (C=O) groups excluding carboxylic acids is 1. The number of piperidine rings is 1. The van der Waals surface area contributed by atoms with Gasteiger partial charge in [0.2, 0.25) is 5.91 Å². The number of H-pyrrole nitrogens is 1. The highest BCUT2D eigenvalue weighted by Crippen LogP contribution is 2.30. The molecular formula is C18H24N2O. The predicted octanol–water partition coefficient (Wildman–Crippen LogP) is 3.75. The van der Waals surface area contributed by atoms with Gasteiger partial charge in [-0.2, -0.15) is 0 Å². The average Bonchev–Trinajstić information content (AvgIpc) is 2.88. The third-order valence-electron chi connectivity index (χ3n) is 4.75. The first-order valence-corrected chi connectivity index (χ1v) is 7.88. The number of aryl methyl sites for hydroxylation is 1. The van der Waals surface area contributed by atoms with Crippen LogP contribution < -0.4 is 0 Å². The molecule has 1 aromatic carbocycles. The molecule has 0 aliphatic carbocycles. The Labute approximate surface area is 126 Å². The lowest BCUT2D eigenvalue weighted by Crippen LogP contribution is -2.41. The van der Waals surface area contributed by atoms with Gasteiger partial charge in [-0.05, 0) is 36.3 Å². The van der Waals surface area contributed by atoms with E-state index in [1.165, 1.54) is 10.9 Å². The smallest absolute Gasteiger partial charge is 0.222 e. The molecule has 1 N–H and O–H groups in total. The van der Waals surface area contributed by atoms with Gasteiger partial charge in [0.05, 0.1) is 0 Å². The van der Waals surface area contributed by atoms with Gasteiger partial charge in [0.1, 0.15) is 0 Å². The molecule has 0 saturated carbocycles. The van der Waals surface area contributed by atoms with Crippen LogP contribution in [-0.2, 0) is 11.2 Å². The Morgan fingerprint density at radius 3 is 2.71 bits per heavy atom. The summed E-state index contributed by atoms with van der Waals surface area (Å²) < 4.78 is 0. The van der Waals surface area contributed by atoms with E-state index in [1.807, 2.05) is 23.2 Å². The summed E-state index contributed by atoms with van der Waals surface area (Å²) in [5, 5.41) is 1.24. The van der Waals surface area contributed by atoms with E-state index in [1.54, 1.807) is 0 Å². The van der Waals surface area contributed by atoms with Crippen molar-refractivity contribution in [2.45, 2.75) is 39.5 Å². The van der Waals surface area contributed by atoms with Crippen molar-refractivity contribution in [3.63, 3.8) is 0 Å². The lowest BCUT2D eigenvalue weighted by molar-refractivity contribution is -0.133. The van der Waals surface area contributed by atoms with Gasteiger partial charge in [0.15, 0.2) is 0 Å². The van der Waals surface area contributed by atoms with Gasteiger partial charge < -0.3 is 9.88 Å². The van der Waals surface area contributed by atoms with Crippen LogP contribution in [0.15, 0.2) is 30.5 Å². The van der Waals surface area contributed by atoms with Crippen molar-refractivity contribution in [1.29, 1.82) is 0 Å². The van der Waals surface area contributed by atoms with Crippen molar-refractivity contribution < 1.29 is 4.79 Å². The maximum absolute atomic E-state index is 12.4. The molecule has 0 unspecified atom stereocenters. The molecule has 3 rings (SSSR count). The molecule has 2 heterocycles. The summed E-state index contributed by atoms with van der Waals surface area (Å²) in [6.45, 7) is 6.42. The Kier molecular flexibility index (Phi) is 3.75. The number of amides is 1. The van der Waals surface area contributed by atoms with E-state index in [2.05, 4.69) is 31.0 Å². The monoisotopic (exact) mass is 284 g/mol. The van der Waals surface area contributed by atoms with Crippen LogP contribution in [0.2, 0.25) is 0 Å². The van der Waals surface area contributed by atoms with Crippen LogP contribution in [0.25, 0.3) is 10.9 Å². The van der Waals surface area contributed by atoms with Gasteiger partial charge in [-0.15, -0.1) is 0 Å². The molecular weight excluding hydrogens is 260 g/mol. The largest absolute Gasteiger partial charge is 0.361 e. The Hall–Kier alpha value is -1.77. The lowest BCUT2D eigenvalue weighted by atomic mass is 9.82. The number of rotatable bonds is 3. The minimum atomic E-state index is 0.302. The number of para-hydroxylation sites is 1. The van der Waals surface area contributed by atoms with Crippen LogP contribution in [0.3, 0.4) is 0 Å². The van der Waals surface area contributed by atoms with Gasteiger partial charge in [-0.3, -0.25) is 4.79 Å². The second kappa shape index (κ2) is 5.55. The van der Waals surface area contributed by atoms with E-state index in [9.17, 15) is 4.79 Å². The van der Waals surface area contributed by atoms with Crippen molar-refractivity contribution in [1.82, 2.24) is 9.88 Å². The van der Waals surface area contributed by atoms with Crippen molar-refractivity contribution >= 4 is 16.8 Å². The number of hydrogen-bond acceptors (Lipinski definition) is 1. The summed E-state index contributed by atoms with van der Waals surface area (Å²) in [5.74, 6) is 0.302. The molecule has 1 aliphatic heterocycles. The fourth-order valence-corrected chi connectivity index (χ4v) is 3.10. The zero-order chi connectivity index (χ0) is 14.9. The number of likely N-dealkylation sites (tertiary alicyclic amines) is 1. The second-order valence-electron chi connectivity index (χ2n) is 6.90. The summed E-state index contributed by atoms with van der Waals surface area (Å²) in [6.07, 6.45) is 5.71. The topological polar surface area (TPSA) is 36.1 Å². The minimum Gasteiger partial charge on any atom is -0.361 e. The molecule has 112 valence electrons. The van der Waals surface area contributed by atoms with Crippen LogP contribution in [0, 0.1) is 5.41 Å². The molecule has 3 heteroatoms. The maximum Gasteiger partial charge on any atom is 0.222 e. The highest BCUT2D eigenvalue weighted by atomic mass is 16.2. The van der Waals surface area contributed by atoms with Gasteiger partial charge >= 0.3 is 0 Å². The minimum absolute atomic E-state index is 0.302. The highest BCUT2D eigenvalue weighted by Gasteiger charge is 2.27. The zero-order valence-corrected chi connectivity index (χ0v) is 13.0. The summed E-state index contributed by atoms with van der Waals surface area (Å²) in [5.41, 5.74) is 2.80. The van der Waals surface area contributed by atoms with Crippen molar-refractivity contribution in [3.8, 4) is 0 Å². The fraction of sp³-hybridized carbons (Fsp3) is 0.500. The van der Waals surface area contributed by atoms with E-state index in [0.29, 0.717) is 17.7 Å². The summed E-state index contributed by atoms with van der Waals surface area (Å²) in [7, 11) is 0. The molecule has 1 amide bonds. The van der Waals surface area contributed by atoms with Gasteiger partial charge in [0, 0.05) is 36.6 Å². The van der Waals surface area contributed by atoms with Crippen molar-refractivity contribution in [2.24, 2.45) is 5.41 Å². The molecule has 21 heavy (non-hydrogen) atoms. The Morgan fingerprint density at radius 1 is 1.24 bits per heavy atom. The molecule has 0 spiro atoms. The molecule has 3 nitrogen and oxygen atoms in total. The summed E-state index contributed by atoms with van der Waals surface area (Å²) >= 11 is 0. The summed E-state index contributed by atoms with van der Waals surface area (Å²) in [6, 6.07) is 8.28.